The number of halogens is 1. The molecule has 152 valence electrons. The predicted molar refractivity (Wildman–Crippen MR) is 119 cm³/mol. The van der Waals surface area contributed by atoms with Crippen LogP contribution in [0, 0.1) is 0 Å². The first-order valence-corrected chi connectivity index (χ1v) is 10.9. The minimum atomic E-state index is 0.0135. The zero-order valence-corrected chi connectivity index (χ0v) is 18.0. The Balaban J connectivity index is 1.21. The van der Waals surface area contributed by atoms with Gasteiger partial charge in [0.25, 0.3) is 5.91 Å². The fourth-order valence-electron chi connectivity index (χ4n) is 4.08. The largest absolute Gasteiger partial charge is 0.483 e. The molecule has 0 bridgehead atoms. The molecule has 0 atom stereocenters. The molecule has 1 aliphatic rings. The van der Waals surface area contributed by atoms with Crippen molar-refractivity contribution in [1.82, 2.24) is 19.5 Å². The fourth-order valence-corrected chi connectivity index (χ4v) is 4.69. The van der Waals surface area contributed by atoms with Crippen molar-refractivity contribution in [3.8, 4) is 5.75 Å². The van der Waals surface area contributed by atoms with Crippen LogP contribution in [-0.2, 0) is 4.79 Å². The SMILES string of the molecule is O=C(COc1ccc2ccccc2c1Br)N1CCC(c2nnc3ccccn23)CC1. The van der Waals surface area contributed by atoms with E-state index in [4.69, 9.17) is 4.74 Å². The molecule has 6 nitrogen and oxygen atoms in total. The van der Waals surface area contributed by atoms with E-state index in [-0.39, 0.29) is 12.5 Å². The molecule has 3 heterocycles. The molecule has 7 heteroatoms. The van der Waals surface area contributed by atoms with E-state index in [1.54, 1.807) is 0 Å². The third-order valence-corrected chi connectivity index (χ3v) is 6.55. The number of likely N-dealkylation sites (tertiary alicyclic amines) is 1. The zero-order chi connectivity index (χ0) is 20.5. The van der Waals surface area contributed by atoms with Crippen molar-refractivity contribution in [2.75, 3.05) is 19.7 Å². The second kappa shape index (κ2) is 8.07. The average Bonchev–Trinajstić information content (AvgIpc) is 3.23. The van der Waals surface area contributed by atoms with Crippen LogP contribution in [0.4, 0.5) is 0 Å². The van der Waals surface area contributed by atoms with E-state index in [1.807, 2.05) is 64.0 Å². The summed E-state index contributed by atoms with van der Waals surface area (Å²) in [6, 6.07) is 17.9. The Morgan fingerprint density at radius 1 is 1.03 bits per heavy atom. The van der Waals surface area contributed by atoms with Crippen molar-refractivity contribution < 1.29 is 9.53 Å². The summed E-state index contributed by atoms with van der Waals surface area (Å²) in [7, 11) is 0. The maximum Gasteiger partial charge on any atom is 0.260 e. The maximum absolute atomic E-state index is 12.7. The Hall–Kier alpha value is -2.93. The quantitative estimate of drug-likeness (QED) is 0.448. The minimum absolute atomic E-state index is 0.0135. The van der Waals surface area contributed by atoms with Crippen molar-refractivity contribution in [3.63, 3.8) is 0 Å². The van der Waals surface area contributed by atoms with E-state index in [0.29, 0.717) is 24.8 Å². The number of nitrogens with zero attached hydrogens (tertiary/aromatic N) is 4. The molecule has 5 rings (SSSR count). The van der Waals surface area contributed by atoms with Gasteiger partial charge < -0.3 is 9.64 Å². The number of rotatable bonds is 4. The van der Waals surface area contributed by atoms with Crippen LogP contribution in [-0.4, -0.2) is 45.1 Å². The van der Waals surface area contributed by atoms with Gasteiger partial charge in [0.2, 0.25) is 0 Å². The van der Waals surface area contributed by atoms with Gasteiger partial charge in [-0.2, -0.15) is 0 Å². The Morgan fingerprint density at radius 2 is 1.83 bits per heavy atom. The number of pyridine rings is 1. The monoisotopic (exact) mass is 464 g/mol. The molecule has 2 aromatic carbocycles. The minimum Gasteiger partial charge on any atom is -0.483 e. The van der Waals surface area contributed by atoms with E-state index >= 15 is 0 Å². The lowest BCUT2D eigenvalue weighted by Gasteiger charge is -2.31. The van der Waals surface area contributed by atoms with Crippen molar-refractivity contribution in [2.24, 2.45) is 0 Å². The third-order valence-electron chi connectivity index (χ3n) is 5.73. The van der Waals surface area contributed by atoms with Gasteiger partial charge in [0, 0.05) is 25.2 Å². The van der Waals surface area contributed by atoms with Crippen LogP contribution in [0.5, 0.6) is 5.75 Å². The number of carbonyl (C=O) groups is 1. The second-order valence-electron chi connectivity index (χ2n) is 7.53. The highest BCUT2D eigenvalue weighted by Crippen LogP contribution is 2.33. The van der Waals surface area contributed by atoms with Gasteiger partial charge >= 0.3 is 0 Å². The first-order valence-electron chi connectivity index (χ1n) is 10.1. The van der Waals surface area contributed by atoms with Crippen LogP contribution in [0.3, 0.4) is 0 Å². The molecule has 1 aliphatic heterocycles. The highest BCUT2D eigenvalue weighted by molar-refractivity contribution is 9.10. The molecule has 30 heavy (non-hydrogen) atoms. The number of hydrogen-bond acceptors (Lipinski definition) is 4. The molecule has 0 unspecified atom stereocenters. The number of carbonyl (C=O) groups excluding carboxylic acids is 1. The summed E-state index contributed by atoms with van der Waals surface area (Å²) in [4.78, 5) is 14.6. The average molecular weight is 465 g/mol. The van der Waals surface area contributed by atoms with Crippen LogP contribution in [0.2, 0.25) is 0 Å². The number of hydrogen-bond donors (Lipinski definition) is 0. The normalized spacial score (nSPS) is 15.0. The molecular weight excluding hydrogens is 444 g/mol. The molecule has 0 N–H and O–H groups in total. The first-order chi connectivity index (χ1) is 14.7. The summed E-state index contributed by atoms with van der Waals surface area (Å²) in [5.74, 6) is 1.99. The molecule has 1 fully saturated rings. The van der Waals surface area contributed by atoms with E-state index in [9.17, 15) is 4.79 Å². The van der Waals surface area contributed by atoms with Crippen LogP contribution in [0.15, 0.2) is 65.3 Å². The van der Waals surface area contributed by atoms with E-state index < -0.39 is 0 Å². The number of aromatic nitrogens is 3. The van der Waals surface area contributed by atoms with Gasteiger partial charge in [-0.1, -0.05) is 36.4 Å². The van der Waals surface area contributed by atoms with Crippen LogP contribution >= 0.6 is 15.9 Å². The molecular formula is C23H21BrN4O2. The lowest BCUT2D eigenvalue weighted by Crippen LogP contribution is -2.40. The van der Waals surface area contributed by atoms with Gasteiger partial charge in [-0.15, -0.1) is 10.2 Å². The molecule has 0 aliphatic carbocycles. The van der Waals surface area contributed by atoms with Gasteiger partial charge in [0.1, 0.15) is 11.6 Å². The van der Waals surface area contributed by atoms with Gasteiger partial charge in [-0.3, -0.25) is 9.20 Å². The van der Waals surface area contributed by atoms with E-state index in [0.717, 1.165) is 39.6 Å². The van der Waals surface area contributed by atoms with Crippen molar-refractivity contribution in [1.29, 1.82) is 0 Å². The van der Waals surface area contributed by atoms with Crippen LogP contribution < -0.4 is 4.74 Å². The molecule has 1 saturated heterocycles. The lowest BCUT2D eigenvalue weighted by molar-refractivity contribution is -0.134. The van der Waals surface area contributed by atoms with E-state index in [2.05, 4.69) is 32.2 Å². The zero-order valence-electron chi connectivity index (χ0n) is 16.4. The Bertz CT molecular complexity index is 1210. The molecule has 2 aromatic heterocycles. The highest BCUT2D eigenvalue weighted by atomic mass is 79.9. The Morgan fingerprint density at radius 3 is 2.70 bits per heavy atom. The molecule has 4 aromatic rings. The second-order valence-corrected chi connectivity index (χ2v) is 8.32. The van der Waals surface area contributed by atoms with Crippen LogP contribution in [0.1, 0.15) is 24.6 Å². The summed E-state index contributed by atoms with van der Waals surface area (Å²) >= 11 is 3.61. The van der Waals surface area contributed by atoms with Crippen LogP contribution in [0.25, 0.3) is 16.4 Å². The smallest absolute Gasteiger partial charge is 0.260 e. The molecule has 0 saturated carbocycles. The first kappa shape index (κ1) is 19.1. The fraction of sp³-hybridized carbons (Fsp3) is 0.261. The van der Waals surface area contributed by atoms with Gasteiger partial charge in [0.15, 0.2) is 12.3 Å². The van der Waals surface area contributed by atoms with Gasteiger partial charge in [-0.25, -0.2) is 0 Å². The summed E-state index contributed by atoms with van der Waals surface area (Å²) in [6.07, 6.45) is 3.75. The number of benzene rings is 2. The third kappa shape index (κ3) is 3.54. The van der Waals surface area contributed by atoms with Gasteiger partial charge in [0.05, 0.1) is 4.47 Å². The van der Waals surface area contributed by atoms with Crippen molar-refractivity contribution >= 4 is 38.3 Å². The molecule has 1 amide bonds. The standard InChI is InChI=1S/C23H21BrN4O2/c24-22-18-6-2-1-5-16(18)8-9-19(22)30-15-21(29)27-13-10-17(11-14-27)23-26-25-20-7-3-4-12-28(20)23/h1-9,12,17H,10-11,13-15H2. The Kier molecular flexibility index (Phi) is 5.12. The molecule has 0 spiro atoms. The highest BCUT2D eigenvalue weighted by Gasteiger charge is 2.27. The number of piperidine rings is 1. The lowest BCUT2D eigenvalue weighted by atomic mass is 9.96. The number of ether oxygens (including phenoxy) is 1. The van der Waals surface area contributed by atoms with Crippen molar-refractivity contribution in [2.45, 2.75) is 18.8 Å². The molecule has 0 radical (unpaired) electrons. The van der Waals surface area contributed by atoms with E-state index in [1.165, 1.54) is 0 Å². The maximum atomic E-state index is 12.7. The number of fused-ring (bicyclic) bond motifs is 2. The summed E-state index contributed by atoms with van der Waals surface area (Å²) in [5.41, 5.74) is 0.861. The predicted octanol–water partition coefficient (Wildman–Crippen LogP) is 4.43. The summed E-state index contributed by atoms with van der Waals surface area (Å²) < 4.78 is 8.78. The summed E-state index contributed by atoms with van der Waals surface area (Å²) in [5, 5.41) is 10.8. The number of amides is 1. The van der Waals surface area contributed by atoms with Crippen molar-refractivity contribution in [3.05, 3.63) is 71.1 Å². The topological polar surface area (TPSA) is 59.7 Å². The summed E-state index contributed by atoms with van der Waals surface area (Å²) in [6.45, 7) is 1.44. The van der Waals surface area contributed by atoms with Gasteiger partial charge in [-0.05, 0) is 57.7 Å². The Labute approximate surface area is 182 Å².